The Kier molecular flexibility index (Phi) is 4.59. The highest BCUT2D eigenvalue weighted by molar-refractivity contribution is 5.69. The third-order valence-electron chi connectivity index (χ3n) is 2.40. The van der Waals surface area contributed by atoms with Gasteiger partial charge in [0.2, 0.25) is 0 Å². The molecule has 1 aromatic heterocycles. The third-order valence-corrected chi connectivity index (χ3v) is 2.40. The number of allylic oxidation sites excluding steroid dienone is 4. The van der Waals surface area contributed by atoms with Crippen molar-refractivity contribution in [2.24, 2.45) is 0 Å². The predicted octanol–water partition coefficient (Wildman–Crippen LogP) is 4.60. The highest BCUT2D eigenvalue weighted by atomic mass is 15.0. The molecule has 1 nitrogen and oxygen atoms in total. The lowest BCUT2D eigenvalue weighted by atomic mass is 10.2. The second kappa shape index (κ2) is 5.96. The molecule has 0 aliphatic carbocycles. The van der Waals surface area contributed by atoms with E-state index in [9.17, 15) is 0 Å². The molecule has 84 valence electrons. The van der Waals surface area contributed by atoms with E-state index in [0.717, 1.165) is 17.7 Å². The molecule has 0 aliphatic rings. The molecule has 0 radical (unpaired) electrons. The minimum absolute atomic E-state index is 1.01. The van der Waals surface area contributed by atoms with Crippen LogP contribution in [0, 0.1) is 0 Å². The number of hydrogen-bond donors (Lipinski definition) is 0. The van der Waals surface area contributed by atoms with E-state index in [0.29, 0.717) is 0 Å². The monoisotopic (exact) mass is 213 g/mol. The van der Waals surface area contributed by atoms with Crippen LogP contribution in [0.3, 0.4) is 0 Å². The maximum Gasteiger partial charge on any atom is 0.0522 e. The molecule has 0 bridgehead atoms. The first-order valence-electron chi connectivity index (χ1n) is 5.57. The van der Waals surface area contributed by atoms with Gasteiger partial charge in [0, 0.05) is 11.9 Å². The normalized spacial score (nSPS) is 12.0. The maximum atomic E-state index is 3.86. The zero-order chi connectivity index (χ0) is 12.0. The number of aromatic nitrogens is 1. The maximum absolute atomic E-state index is 3.86. The van der Waals surface area contributed by atoms with Gasteiger partial charge in [-0.1, -0.05) is 38.3 Å². The first-order valence-corrected chi connectivity index (χ1v) is 5.57. The van der Waals surface area contributed by atoms with Crippen LogP contribution in [0.5, 0.6) is 0 Å². The Morgan fingerprint density at radius 3 is 2.62 bits per heavy atom. The number of hydrogen-bond acceptors (Lipinski definition) is 0. The molecular formula is C15H19N. The van der Waals surface area contributed by atoms with Gasteiger partial charge in [0.15, 0.2) is 0 Å². The summed E-state index contributed by atoms with van der Waals surface area (Å²) in [5.74, 6) is 0. The SMILES string of the molecule is C=Cc1ccn(C(/C=C\C)=C/CC)c1C=C. The fourth-order valence-electron chi connectivity index (χ4n) is 1.70. The highest BCUT2D eigenvalue weighted by Crippen LogP contribution is 2.19. The van der Waals surface area contributed by atoms with Crippen molar-refractivity contribution >= 4 is 17.8 Å². The van der Waals surface area contributed by atoms with Gasteiger partial charge in [0.05, 0.1) is 5.69 Å². The lowest BCUT2D eigenvalue weighted by molar-refractivity contribution is 1.08. The number of nitrogens with zero attached hydrogens (tertiary/aromatic N) is 1. The molecule has 0 fully saturated rings. The quantitative estimate of drug-likeness (QED) is 0.630. The van der Waals surface area contributed by atoms with Crippen LogP contribution in [0.15, 0.2) is 43.6 Å². The minimum Gasteiger partial charge on any atom is -0.317 e. The molecule has 0 saturated heterocycles. The Morgan fingerprint density at radius 1 is 1.38 bits per heavy atom. The van der Waals surface area contributed by atoms with Gasteiger partial charge in [0.1, 0.15) is 0 Å². The van der Waals surface area contributed by atoms with Crippen LogP contribution in [0.2, 0.25) is 0 Å². The van der Waals surface area contributed by atoms with Gasteiger partial charge in [-0.05, 0) is 37.1 Å². The largest absolute Gasteiger partial charge is 0.317 e. The van der Waals surface area contributed by atoms with Gasteiger partial charge in [-0.3, -0.25) is 0 Å². The standard InChI is InChI=1S/C15H19N/c1-5-9-14(10-6-2)16-12-11-13(7-3)15(16)8-4/h5,7-12H,3-4,6H2,1-2H3/b9-5-,14-10+. The van der Waals surface area contributed by atoms with Crippen molar-refractivity contribution in [2.45, 2.75) is 20.3 Å². The highest BCUT2D eigenvalue weighted by Gasteiger charge is 2.04. The van der Waals surface area contributed by atoms with Gasteiger partial charge in [0.25, 0.3) is 0 Å². The lowest BCUT2D eigenvalue weighted by Gasteiger charge is -2.08. The average Bonchev–Trinajstić information content (AvgIpc) is 2.71. The van der Waals surface area contributed by atoms with E-state index in [1.165, 1.54) is 5.70 Å². The molecular weight excluding hydrogens is 194 g/mol. The molecule has 0 amide bonds. The van der Waals surface area contributed by atoms with E-state index in [1.807, 2.05) is 25.2 Å². The van der Waals surface area contributed by atoms with Crippen molar-refractivity contribution in [1.82, 2.24) is 4.57 Å². The van der Waals surface area contributed by atoms with E-state index >= 15 is 0 Å². The van der Waals surface area contributed by atoms with Crippen molar-refractivity contribution in [2.75, 3.05) is 0 Å². The van der Waals surface area contributed by atoms with Gasteiger partial charge < -0.3 is 4.57 Å². The zero-order valence-electron chi connectivity index (χ0n) is 10.1. The summed E-state index contributed by atoms with van der Waals surface area (Å²) >= 11 is 0. The van der Waals surface area contributed by atoms with Crippen molar-refractivity contribution in [3.8, 4) is 0 Å². The summed E-state index contributed by atoms with van der Waals surface area (Å²) in [4.78, 5) is 0. The van der Waals surface area contributed by atoms with Gasteiger partial charge in [-0.25, -0.2) is 0 Å². The fourth-order valence-corrected chi connectivity index (χ4v) is 1.70. The van der Waals surface area contributed by atoms with E-state index in [2.05, 4.69) is 49.1 Å². The smallest absolute Gasteiger partial charge is 0.0522 e. The second-order valence-electron chi connectivity index (χ2n) is 3.47. The van der Waals surface area contributed by atoms with E-state index < -0.39 is 0 Å². The zero-order valence-corrected chi connectivity index (χ0v) is 10.1. The van der Waals surface area contributed by atoms with Crippen molar-refractivity contribution in [1.29, 1.82) is 0 Å². The molecule has 1 heteroatoms. The van der Waals surface area contributed by atoms with Crippen molar-refractivity contribution in [3.05, 3.63) is 54.9 Å². The van der Waals surface area contributed by atoms with E-state index in [4.69, 9.17) is 0 Å². The average molecular weight is 213 g/mol. The van der Waals surface area contributed by atoms with E-state index in [-0.39, 0.29) is 0 Å². The van der Waals surface area contributed by atoms with Crippen LogP contribution >= 0.6 is 0 Å². The van der Waals surface area contributed by atoms with Gasteiger partial charge >= 0.3 is 0 Å². The lowest BCUT2D eigenvalue weighted by Crippen LogP contribution is -1.96. The minimum atomic E-state index is 1.01. The molecule has 1 heterocycles. The topological polar surface area (TPSA) is 4.93 Å². The van der Waals surface area contributed by atoms with Crippen LogP contribution in [-0.4, -0.2) is 4.57 Å². The van der Waals surface area contributed by atoms with Crippen molar-refractivity contribution in [3.63, 3.8) is 0 Å². The number of rotatable bonds is 5. The van der Waals surface area contributed by atoms with Crippen LogP contribution < -0.4 is 0 Å². The Hall–Kier alpha value is -1.76. The molecule has 16 heavy (non-hydrogen) atoms. The van der Waals surface area contributed by atoms with Gasteiger partial charge in [-0.2, -0.15) is 0 Å². The molecule has 0 saturated carbocycles. The van der Waals surface area contributed by atoms with E-state index in [1.54, 1.807) is 0 Å². The molecule has 0 spiro atoms. The first-order chi connectivity index (χ1) is 7.78. The summed E-state index contributed by atoms with van der Waals surface area (Å²) in [6.45, 7) is 11.8. The van der Waals surface area contributed by atoms with Crippen LogP contribution in [0.4, 0.5) is 0 Å². The molecule has 1 rings (SSSR count). The summed E-state index contributed by atoms with van der Waals surface area (Å²) in [7, 11) is 0. The molecule has 0 N–H and O–H groups in total. The Bertz CT molecular complexity index is 430. The molecule has 0 aliphatic heterocycles. The fraction of sp³-hybridized carbons (Fsp3) is 0.200. The van der Waals surface area contributed by atoms with Crippen LogP contribution in [0.1, 0.15) is 31.5 Å². The van der Waals surface area contributed by atoms with Crippen molar-refractivity contribution < 1.29 is 0 Å². The summed E-state index contributed by atoms with van der Waals surface area (Å²) in [5.41, 5.74) is 3.38. The van der Waals surface area contributed by atoms with Gasteiger partial charge in [-0.15, -0.1) is 0 Å². The summed E-state index contributed by atoms with van der Waals surface area (Å²) in [6.07, 6.45) is 13.1. The third kappa shape index (κ3) is 2.43. The second-order valence-corrected chi connectivity index (χ2v) is 3.47. The molecule has 0 atom stereocenters. The molecule has 1 aromatic rings. The van der Waals surface area contributed by atoms with Crippen LogP contribution in [0.25, 0.3) is 17.8 Å². The van der Waals surface area contributed by atoms with Crippen LogP contribution in [-0.2, 0) is 0 Å². The summed E-state index contributed by atoms with van der Waals surface area (Å²) < 4.78 is 2.13. The predicted molar refractivity (Wildman–Crippen MR) is 74.0 cm³/mol. The Morgan fingerprint density at radius 2 is 2.12 bits per heavy atom. The Balaban J connectivity index is 3.29. The Labute approximate surface area is 98.1 Å². The summed E-state index contributed by atoms with van der Waals surface area (Å²) in [6, 6.07) is 2.05. The summed E-state index contributed by atoms with van der Waals surface area (Å²) in [5, 5.41) is 0. The molecule has 0 unspecified atom stereocenters. The first kappa shape index (κ1) is 12.3. The molecule has 0 aromatic carbocycles.